The minimum atomic E-state index is -0.242. The number of benzene rings is 2. The lowest BCUT2D eigenvalue weighted by molar-refractivity contribution is -0.111. The number of halogens is 1. The predicted octanol–water partition coefficient (Wildman–Crippen LogP) is 3.69. The lowest BCUT2D eigenvalue weighted by Gasteiger charge is -2.09. The van der Waals surface area contributed by atoms with Crippen LogP contribution in [0.2, 0.25) is 0 Å². The Morgan fingerprint density at radius 1 is 1.29 bits per heavy atom. The second-order valence-corrected chi connectivity index (χ2v) is 5.25. The van der Waals surface area contributed by atoms with E-state index in [2.05, 4.69) is 21.2 Å². The van der Waals surface area contributed by atoms with Crippen LogP contribution in [0, 0.1) is 0 Å². The first-order valence-corrected chi connectivity index (χ1v) is 7.06. The van der Waals surface area contributed by atoms with Gasteiger partial charge in [-0.25, -0.2) is 0 Å². The summed E-state index contributed by atoms with van der Waals surface area (Å²) >= 11 is 3.36. The Balaban J connectivity index is 2.10. The Kier molecular flexibility index (Phi) is 5.00. The number of hydrogen-bond donors (Lipinski definition) is 2. The molecule has 0 saturated carbocycles. The van der Waals surface area contributed by atoms with E-state index in [1.54, 1.807) is 37.5 Å². The Bertz CT molecular complexity index is 684. The number of hydrogen-bond acceptors (Lipinski definition) is 3. The van der Waals surface area contributed by atoms with Crippen LogP contribution in [0.25, 0.3) is 6.08 Å². The molecule has 0 aromatic heterocycles. The number of nitrogen functional groups attached to an aromatic ring is 1. The molecule has 0 aliphatic heterocycles. The van der Waals surface area contributed by atoms with Crippen molar-refractivity contribution in [2.45, 2.75) is 0 Å². The molecule has 0 saturated heterocycles. The monoisotopic (exact) mass is 346 g/mol. The summed E-state index contributed by atoms with van der Waals surface area (Å²) in [7, 11) is 1.56. The Morgan fingerprint density at radius 3 is 2.81 bits per heavy atom. The Hall–Kier alpha value is -2.27. The molecule has 0 heterocycles. The smallest absolute Gasteiger partial charge is 0.248 e. The number of carbonyl (C=O) groups excluding carboxylic acids is 1. The molecule has 21 heavy (non-hydrogen) atoms. The fraction of sp³-hybridized carbons (Fsp3) is 0.0625. The summed E-state index contributed by atoms with van der Waals surface area (Å²) in [6.07, 6.45) is 3.16. The SMILES string of the molecule is COc1ccc(Br)cc1NC(=O)/C=C/c1cccc(N)c1. The van der Waals surface area contributed by atoms with Gasteiger partial charge < -0.3 is 15.8 Å². The second kappa shape index (κ2) is 6.95. The number of methoxy groups -OCH3 is 1. The summed E-state index contributed by atoms with van der Waals surface area (Å²) in [4.78, 5) is 12.0. The second-order valence-electron chi connectivity index (χ2n) is 4.34. The number of carbonyl (C=O) groups is 1. The van der Waals surface area contributed by atoms with Crippen LogP contribution in [0.1, 0.15) is 5.56 Å². The molecule has 5 heteroatoms. The van der Waals surface area contributed by atoms with E-state index < -0.39 is 0 Å². The normalized spacial score (nSPS) is 10.6. The molecule has 2 aromatic rings. The van der Waals surface area contributed by atoms with E-state index in [-0.39, 0.29) is 5.91 Å². The topological polar surface area (TPSA) is 64.3 Å². The summed E-state index contributed by atoms with van der Waals surface area (Å²) in [6.45, 7) is 0. The standard InChI is InChI=1S/C16H15BrN2O2/c1-21-15-7-6-12(17)10-14(15)19-16(20)8-5-11-3-2-4-13(18)9-11/h2-10H,18H2,1H3,(H,19,20)/b8-5+. The molecule has 3 N–H and O–H groups in total. The van der Waals surface area contributed by atoms with Crippen LogP contribution < -0.4 is 15.8 Å². The van der Waals surface area contributed by atoms with Crippen molar-refractivity contribution < 1.29 is 9.53 Å². The van der Waals surface area contributed by atoms with E-state index in [0.717, 1.165) is 10.0 Å². The molecular formula is C16H15BrN2O2. The van der Waals surface area contributed by atoms with Gasteiger partial charge in [-0.05, 0) is 42.0 Å². The lowest BCUT2D eigenvalue weighted by atomic mass is 10.2. The maximum Gasteiger partial charge on any atom is 0.248 e. The quantitative estimate of drug-likeness (QED) is 0.655. The highest BCUT2D eigenvalue weighted by Crippen LogP contribution is 2.27. The first kappa shape index (κ1) is 15.1. The lowest BCUT2D eigenvalue weighted by Crippen LogP contribution is -2.08. The van der Waals surface area contributed by atoms with Crippen molar-refractivity contribution in [2.24, 2.45) is 0 Å². The average molecular weight is 347 g/mol. The van der Waals surface area contributed by atoms with Crippen molar-refractivity contribution in [1.29, 1.82) is 0 Å². The van der Waals surface area contributed by atoms with Gasteiger partial charge in [0.1, 0.15) is 5.75 Å². The van der Waals surface area contributed by atoms with Crippen LogP contribution in [-0.2, 0) is 4.79 Å². The fourth-order valence-corrected chi connectivity index (χ4v) is 2.15. The number of ether oxygens (including phenoxy) is 1. The minimum Gasteiger partial charge on any atom is -0.495 e. The third-order valence-electron chi connectivity index (χ3n) is 2.76. The first-order chi connectivity index (χ1) is 10.1. The number of anilines is 2. The summed E-state index contributed by atoms with van der Waals surface area (Å²) in [5, 5.41) is 2.78. The van der Waals surface area contributed by atoms with Crippen LogP contribution in [0.5, 0.6) is 5.75 Å². The van der Waals surface area contributed by atoms with Crippen molar-refractivity contribution in [2.75, 3.05) is 18.2 Å². The molecule has 0 radical (unpaired) electrons. The maximum atomic E-state index is 12.0. The molecule has 0 unspecified atom stereocenters. The number of rotatable bonds is 4. The number of amides is 1. The summed E-state index contributed by atoms with van der Waals surface area (Å²) in [5.41, 5.74) is 7.82. The third kappa shape index (κ3) is 4.36. The van der Waals surface area contributed by atoms with Gasteiger partial charge in [0.15, 0.2) is 0 Å². The van der Waals surface area contributed by atoms with Crippen molar-refractivity contribution in [1.82, 2.24) is 0 Å². The van der Waals surface area contributed by atoms with E-state index in [1.807, 2.05) is 18.2 Å². The fourth-order valence-electron chi connectivity index (χ4n) is 1.79. The van der Waals surface area contributed by atoms with Gasteiger partial charge in [-0.15, -0.1) is 0 Å². The van der Waals surface area contributed by atoms with Crippen molar-refractivity contribution >= 4 is 39.3 Å². The van der Waals surface area contributed by atoms with Crippen LogP contribution in [0.4, 0.5) is 11.4 Å². The van der Waals surface area contributed by atoms with Crippen LogP contribution in [-0.4, -0.2) is 13.0 Å². The minimum absolute atomic E-state index is 0.242. The largest absolute Gasteiger partial charge is 0.495 e. The summed E-state index contributed by atoms with van der Waals surface area (Å²) in [5.74, 6) is 0.359. The maximum absolute atomic E-state index is 12.0. The molecule has 0 aliphatic carbocycles. The Morgan fingerprint density at radius 2 is 2.10 bits per heavy atom. The van der Waals surface area contributed by atoms with Crippen molar-refractivity contribution in [3.63, 3.8) is 0 Å². The van der Waals surface area contributed by atoms with Gasteiger partial charge in [0.05, 0.1) is 12.8 Å². The molecule has 0 bridgehead atoms. The van der Waals surface area contributed by atoms with Gasteiger partial charge in [0, 0.05) is 16.2 Å². The molecule has 108 valence electrons. The number of nitrogens with two attached hydrogens (primary N) is 1. The molecular weight excluding hydrogens is 332 g/mol. The van der Waals surface area contributed by atoms with Crippen LogP contribution in [0.3, 0.4) is 0 Å². The van der Waals surface area contributed by atoms with Crippen LogP contribution in [0.15, 0.2) is 53.0 Å². The molecule has 0 aliphatic rings. The highest BCUT2D eigenvalue weighted by Gasteiger charge is 2.05. The van der Waals surface area contributed by atoms with E-state index >= 15 is 0 Å². The molecule has 0 atom stereocenters. The molecule has 2 aromatic carbocycles. The highest BCUT2D eigenvalue weighted by molar-refractivity contribution is 9.10. The van der Waals surface area contributed by atoms with Gasteiger partial charge in [-0.2, -0.15) is 0 Å². The highest BCUT2D eigenvalue weighted by atomic mass is 79.9. The van der Waals surface area contributed by atoms with Crippen LogP contribution >= 0.6 is 15.9 Å². The molecule has 4 nitrogen and oxygen atoms in total. The zero-order valence-electron chi connectivity index (χ0n) is 11.5. The van der Waals surface area contributed by atoms with E-state index in [0.29, 0.717) is 17.1 Å². The molecule has 0 spiro atoms. The van der Waals surface area contributed by atoms with Gasteiger partial charge in [-0.3, -0.25) is 4.79 Å². The van der Waals surface area contributed by atoms with Crippen molar-refractivity contribution in [3.05, 3.63) is 58.6 Å². The summed E-state index contributed by atoms with van der Waals surface area (Å²) < 4.78 is 6.06. The predicted molar refractivity (Wildman–Crippen MR) is 89.2 cm³/mol. The van der Waals surface area contributed by atoms with Crippen molar-refractivity contribution in [3.8, 4) is 5.75 Å². The van der Waals surface area contributed by atoms with Gasteiger partial charge in [0.25, 0.3) is 0 Å². The zero-order chi connectivity index (χ0) is 15.2. The van der Waals surface area contributed by atoms with Gasteiger partial charge in [0.2, 0.25) is 5.91 Å². The molecule has 2 rings (SSSR count). The first-order valence-electron chi connectivity index (χ1n) is 6.26. The van der Waals surface area contributed by atoms with E-state index in [9.17, 15) is 4.79 Å². The van der Waals surface area contributed by atoms with Gasteiger partial charge >= 0.3 is 0 Å². The van der Waals surface area contributed by atoms with E-state index in [1.165, 1.54) is 6.08 Å². The number of nitrogens with one attached hydrogen (secondary N) is 1. The summed E-state index contributed by atoms with van der Waals surface area (Å²) in [6, 6.07) is 12.7. The van der Waals surface area contributed by atoms with Gasteiger partial charge in [-0.1, -0.05) is 28.1 Å². The Labute approximate surface area is 131 Å². The molecule has 1 amide bonds. The molecule has 0 fully saturated rings. The zero-order valence-corrected chi connectivity index (χ0v) is 13.1. The van der Waals surface area contributed by atoms with E-state index in [4.69, 9.17) is 10.5 Å². The third-order valence-corrected chi connectivity index (χ3v) is 3.25. The average Bonchev–Trinajstić information content (AvgIpc) is 2.45.